The minimum Gasteiger partial charge on any atom is -0.478 e. The van der Waals surface area contributed by atoms with E-state index in [4.69, 9.17) is 16.7 Å². The normalized spacial score (nSPS) is 10.6. The summed E-state index contributed by atoms with van der Waals surface area (Å²) in [7, 11) is 0. The molecule has 9 nitrogen and oxygen atoms in total. The molecule has 1 aromatic heterocycles. The average Bonchev–Trinajstić information content (AvgIpc) is 3.30. The quantitative estimate of drug-likeness (QED) is 0.269. The number of nitrogens with one attached hydrogen (secondary N) is 2. The second-order valence-corrected chi connectivity index (χ2v) is 8.92. The highest BCUT2D eigenvalue weighted by molar-refractivity contribution is 7.99. The Balaban J connectivity index is 1.49. The number of halogens is 2. The van der Waals surface area contributed by atoms with Crippen molar-refractivity contribution in [2.24, 2.45) is 0 Å². The summed E-state index contributed by atoms with van der Waals surface area (Å²) in [6, 6.07) is 18.7. The highest BCUT2D eigenvalue weighted by atomic mass is 35.5. The van der Waals surface area contributed by atoms with E-state index in [1.54, 1.807) is 10.6 Å². The van der Waals surface area contributed by atoms with Gasteiger partial charge in [-0.05, 0) is 42.5 Å². The number of hydrogen-bond acceptors (Lipinski definition) is 6. The van der Waals surface area contributed by atoms with Crippen molar-refractivity contribution in [3.8, 4) is 5.69 Å². The van der Waals surface area contributed by atoms with Gasteiger partial charge in [-0.2, -0.15) is 0 Å². The number of thioether (sulfide) groups is 1. The van der Waals surface area contributed by atoms with Crippen LogP contribution in [0.2, 0.25) is 5.02 Å². The van der Waals surface area contributed by atoms with Gasteiger partial charge in [0.2, 0.25) is 5.91 Å². The van der Waals surface area contributed by atoms with Crippen LogP contribution in [0.4, 0.5) is 10.1 Å². The molecule has 0 unspecified atom stereocenters. The van der Waals surface area contributed by atoms with Crippen molar-refractivity contribution in [3.63, 3.8) is 0 Å². The number of anilines is 1. The molecule has 3 N–H and O–H groups in total. The van der Waals surface area contributed by atoms with Crippen LogP contribution in [-0.2, 0) is 11.3 Å². The second kappa shape index (κ2) is 11.7. The molecular weight excluding hydrogens is 521 g/mol. The van der Waals surface area contributed by atoms with Crippen LogP contribution in [0, 0.1) is 5.82 Å². The Hall–Kier alpha value is -4.22. The van der Waals surface area contributed by atoms with Crippen LogP contribution < -0.4 is 10.6 Å². The lowest BCUT2D eigenvalue weighted by atomic mass is 10.2. The topological polar surface area (TPSA) is 126 Å². The lowest BCUT2D eigenvalue weighted by Crippen LogP contribution is -2.25. The van der Waals surface area contributed by atoms with Gasteiger partial charge in [0.1, 0.15) is 5.82 Å². The van der Waals surface area contributed by atoms with E-state index in [0.29, 0.717) is 16.7 Å². The molecule has 2 amide bonds. The number of aromatic nitrogens is 3. The maximum atomic E-state index is 14.0. The first-order chi connectivity index (χ1) is 17.8. The third-order valence-electron chi connectivity index (χ3n) is 5.06. The molecular formula is C25H19ClFN5O4S. The maximum absolute atomic E-state index is 14.0. The van der Waals surface area contributed by atoms with Gasteiger partial charge in [0.25, 0.3) is 5.91 Å². The number of hydrogen-bond donors (Lipinski definition) is 3. The number of benzene rings is 3. The minimum atomic E-state index is -1.15. The Bertz CT molecular complexity index is 1460. The molecule has 0 aliphatic carbocycles. The summed E-state index contributed by atoms with van der Waals surface area (Å²) >= 11 is 7.17. The summed E-state index contributed by atoms with van der Waals surface area (Å²) < 4.78 is 15.6. The molecule has 0 saturated heterocycles. The van der Waals surface area contributed by atoms with Crippen LogP contribution in [0.25, 0.3) is 5.69 Å². The van der Waals surface area contributed by atoms with Crippen molar-refractivity contribution in [2.75, 3.05) is 11.1 Å². The Labute approximate surface area is 219 Å². The molecule has 3 aromatic carbocycles. The van der Waals surface area contributed by atoms with Gasteiger partial charge < -0.3 is 15.7 Å². The second-order valence-electron chi connectivity index (χ2n) is 7.57. The molecule has 0 bridgehead atoms. The average molecular weight is 540 g/mol. The van der Waals surface area contributed by atoms with Crippen LogP contribution in [0.15, 0.2) is 78.0 Å². The van der Waals surface area contributed by atoms with Crippen LogP contribution in [-0.4, -0.2) is 43.4 Å². The van der Waals surface area contributed by atoms with E-state index in [1.807, 2.05) is 30.3 Å². The summed E-state index contributed by atoms with van der Waals surface area (Å²) in [5.41, 5.74) is 0.763. The molecule has 0 fully saturated rings. The van der Waals surface area contributed by atoms with Gasteiger partial charge in [-0.3, -0.25) is 14.2 Å². The minimum absolute atomic E-state index is 0.0155. The van der Waals surface area contributed by atoms with E-state index in [1.165, 1.54) is 36.4 Å². The van der Waals surface area contributed by atoms with E-state index in [0.717, 1.165) is 11.8 Å². The number of carbonyl (C=O) groups excluding carboxylic acids is 2. The number of rotatable bonds is 9. The predicted octanol–water partition coefficient (Wildman–Crippen LogP) is 4.42. The van der Waals surface area contributed by atoms with Gasteiger partial charge in [0.15, 0.2) is 11.0 Å². The van der Waals surface area contributed by atoms with Gasteiger partial charge in [-0.1, -0.05) is 53.7 Å². The first kappa shape index (κ1) is 25.9. The number of aromatic carboxylic acids is 1. The van der Waals surface area contributed by atoms with Gasteiger partial charge in [0, 0.05) is 5.69 Å². The third-order valence-corrected chi connectivity index (χ3v) is 6.32. The first-order valence-corrected chi connectivity index (χ1v) is 12.2. The molecule has 37 heavy (non-hydrogen) atoms. The van der Waals surface area contributed by atoms with Crippen molar-refractivity contribution in [2.45, 2.75) is 11.7 Å². The van der Waals surface area contributed by atoms with Gasteiger partial charge in [0.05, 0.1) is 34.1 Å². The fourth-order valence-electron chi connectivity index (χ4n) is 3.32. The Morgan fingerprint density at radius 3 is 2.46 bits per heavy atom. The molecule has 1 heterocycles. The molecule has 0 aliphatic heterocycles. The predicted molar refractivity (Wildman–Crippen MR) is 137 cm³/mol. The maximum Gasteiger partial charge on any atom is 0.335 e. The summed E-state index contributed by atoms with van der Waals surface area (Å²) in [4.78, 5) is 36.3. The summed E-state index contributed by atoms with van der Waals surface area (Å²) in [6.45, 7) is -0.0423. The van der Waals surface area contributed by atoms with E-state index in [9.17, 15) is 18.8 Å². The molecule has 188 valence electrons. The lowest BCUT2D eigenvalue weighted by molar-refractivity contribution is -0.113. The number of nitrogens with zero attached hydrogens (tertiary/aromatic N) is 3. The van der Waals surface area contributed by atoms with E-state index in [2.05, 4.69) is 20.8 Å². The summed E-state index contributed by atoms with van der Waals surface area (Å²) in [5.74, 6) is -2.54. The Morgan fingerprint density at radius 2 is 1.73 bits per heavy atom. The fourth-order valence-corrected chi connectivity index (χ4v) is 4.25. The van der Waals surface area contributed by atoms with E-state index >= 15 is 0 Å². The molecule has 4 rings (SSSR count). The molecule has 0 aliphatic rings. The highest BCUT2D eigenvalue weighted by Crippen LogP contribution is 2.25. The van der Waals surface area contributed by atoms with Crippen molar-refractivity contribution >= 4 is 46.8 Å². The highest BCUT2D eigenvalue weighted by Gasteiger charge is 2.18. The van der Waals surface area contributed by atoms with Gasteiger partial charge in [-0.25, -0.2) is 9.18 Å². The molecule has 0 spiro atoms. The Morgan fingerprint density at radius 1 is 1.00 bits per heavy atom. The summed E-state index contributed by atoms with van der Waals surface area (Å²) in [5, 5.41) is 23.3. The number of carboxylic acid groups (broad SMARTS) is 1. The monoisotopic (exact) mass is 539 g/mol. The third kappa shape index (κ3) is 6.32. The molecule has 0 radical (unpaired) electrons. The largest absolute Gasteiger partial charge is 0.478 e. The smallest absolute Gasteiger partial charge is 0.335 e. The molecule has 12 heteroatoms. The standard InChI is InChI=1S/C25H19ClFN5O4S/c26-18-11-10-15(24(35)36)12-20(18)29-22(33)14-37-25-31-30-21(32(25)16-6-2-1-3-7-16)13-28-23(34)17-8-4-5-9-19(17)27/h1-12H,13-14H2,(H,28,34)(H,29,33)(H,35,36). The fraction of sp³-hybridized carbons (Fsp3) is 0.0800. The molecule has 4 aromatic rings. The van der Waals surface area contributed by atoms with Crippen molar-refractivity contribution in [1.82, 2.24) is 20.1 Å². The number of amides is 2. The van der Waals surface area contributed by atoms with Crippen molar-refractivity contribution in [3.05, 3.63) is 101 Å². The van der Waals surface area contributed by atoms with Crippen LogP contribution in [0.3, 0.4) is 0 Å². The zero-order valence-corrected chi connectivity index (χ0v) is 20.6. The van der Waals surface area contributed by atoms with Crippen LogP contribution in [0.1, 0.15) is 26.5 Å². The van der Waals surface area contributed by atoms with Crippen molar-refractivity contribution < 1.29 is 23.9 Å². The number of carboxylic acids is 1. The van der Waals surface area contributed by atoms with Crippen LogP contribution >= 0.6 is 23.4 Å². The Kier molecular flexibility index (Phi) is 8.16. The number of para-hydroxylation sites is 1. The lowest BCUT2D eigenvalue weighted by Gasteiger charge is -2.11. The van der Waals surface area contributed by atoms with Gasteiger partial charge >= 0.3 is 5.97 Å². The number of carbonyl (C=O) groups is 3. The zero-order chi connectivity index (χ0) is 26.4. The van der Waals surface area contributed by atoms with Crippen molar-refractivity contribution in [1.29, 1.82) is 0 Å². The van der Waals surface area contributed by atoms with E-state index < -0.39 is 23.6 Å². The first-order valence-electron chi connectivity index (χ1n) is 10.8. The van der Waals surface area contributed by atoms with Gasteiger partial charge in [-0.15, -0.1) is 10.2 Å². The zero-order valence-electron chi connectivity index (χ0n) is 19.0. The van der Waals surface area contributed by atoms with E-state index in [-0.39, 0.29) is 34.1 Å². The summed E-state index contributed by atoms with van der Waals surface area (Å²) in [6.07, 6.45) is 0. The molecule has 0 atom stereocenters. The molecule has 0 saturated carbocycles. The van der Waals surface area contributed by atoms with Crippen LogP contribution in [0.5, 0.6) is 0 Å². The SMILES string of the molecule is O=C(CSc1nnc(CNC(=O)c2ccccc2F)n1-c1ccccc1)Nc1cc(C(=O)O)ccc1Cl.